The second-order valence-electron chi connectivity index (χ2n) is 1.85. The molecule has 5 heteroatoms. The van der Waals surface area contributed by atoms with Crippen LogP contribution in [0, 0.1) is 5.41 Å². The van der Waals surface area contributed by atoms with Crippen LogP contribution in [0.1, 0.15) is 0 Å². The Balaban J connectivity index is 2.86. The number of ether oxygens (including phenoxy) is 1. The number of nitrogens with zero attached hydrogens (tertiary/aromatic N) is 1. The molecule has 0 radical (unpaired) electrons. The summed E-state index contributed by atoms with van der Waals surface area (Å²) in [5.41, 5.74) is 4.93. The summed E-state index contributed by atoms with van der Waals surface area (Å²) in [5, 5.41) is 15.8. The van der Waals surface area contributed by atoms with Crippen molar-refractivity contribution in [2.45, 2.75) is 0 Å². The van der Waals surface area contributed by atoms with Gasteiger partial charge in [-0.2, -0.15) is 0 Å². The predicted octanol–water partition coefficient (Wildman–Crippen LogP) is -0.516. The van der Waals surface area contributed by atoms with Crippen LogP contribution in [0.3, 0.4) is 0 Å². The van der Waals surface area contributed by atoms with Crippen LogP contribution >= 0.6 is 0 Å². The Morgan fingerprint density at radius 3 is 2.91 bits per heavy atom. The summed E-state index contributed by atoms with van der Waals surface area (Å²) in [6.07, 6.45) is 1.37. The predicted molar refractivity (Wildman–Crippen MR) is 36.4 cm³/mol. The van der Waals surface area contributed by atoms with Gasteiger partial charge in [0.1, 0.15) is 0 Å². The number of nitrogens with two attached hydrogens (primary N) is 1. The Labute approximate surface area is 63.1 Å². The summed E-state index contributed by atoms with van der Waals surface area (Å²) in [4.78, 5) is 0. The summed E-state index contributed by atoms with van der Waals surface area (Å²) in [7, 11) is 0. The quantitative estimate of drug-likeness (QED) is 0.220. The zero-order valence-electron chi connectivity index (χ0n) is 5.69. The van der Waals surface area contributed by atoms with Gasteiger partial charge in [-0.15, -0.1) is 0 Å². The van der Waals surface area contributed by atoms with Crippen molar-refractivity contribution in [2.75, 3.05) is 0 Å². The number of hydrogen-bond donors (Lipinski definition) is 3. The molecule has 58 valence electrons. The summed E-state index contributed by atoms with van der Waals surface area (Å²) < 4.78 is 5.36. The zero-order chi connectivity index (χ0) is 8.27. The highest BCUT2D eigenvalue weighted by Gasteiger charge is 2.09. The monoisotopic (exact) mass is 154 g/mol. The van der Waals surface area contributed by atoms with Crippen LogP contribution in [0.15, 0.2) is 24.4 Å². The summed E-state index contributed by atoms with van der Waals surface area (Å²) in [6.45, 7) is 0. The van der Waals surface area contributed by atoms with E-state index in [1.165, 1.54) is 12.3 Å². The smallest absolute Gasteiger partial charge is 0.368 e. The first-order valence-corrected chi connectivity index (χ1v) is 2.92. The van der Waals surface area contributed by atoms with Crippen molar-refractivity contribution in [2.24, 2.45) is 5.73 Å². The van der Waals surface area contributed by atoms with Gasteiger partial charge < -0.3 is 10.5 Å². The molecule has 0 aliphatic heterocycles. The van der Waals surface area contributed by atoms with Crippen molar-refractivity contribution in [1.82, 2.24) is 0 Å². The van der Waals surface area contributed by atoms with Gasteiger partial charge in [-0.1, -0.05) is 0 Å². The molecule has 0 fully saturated rings. The molecule has 0 saturated carbocycles. The third-order valence-electron chi connectivity index (χ3n) is 1.02. The molecule has 1 aromatic rings. The van der Waals surface area contributed by atoms with Crippen molar-refractivity contribution < 1.29 is 14.7 Å². The first kappa shape index (κ1) is 7.33. The number of nitrogens with one attached hydrogen (secondary N) is 1. The van der Waals surface area contributed by atoms with E-state index in [1.807, 2.05) is 0 Å². The maximum Gasteiger partial charge on any atom is 0.424 e. The van der Waals surface area contributed by atoms with Crippen LogP contribution in [0.5, 0.6) is 5.88 Å². The normalized spacial score (nSPS) is 9.09. The van der Waals surface area contributed by atoms with E-state index < -0.39 is 6.02 Å². The number of aromatic nitrogens is 1. The van der Waals surface area contributed by atoms with Gasteiger partial charge in [0.15, 0.2) is 0 Å². The lowest BCUT2D eigenvalue weighted by Gasteiger charge is -1.95. The van der Waals surface area contributed by atoms with Crippen LogP contribution in [-0.4, -0.2) is 11.2 Å². The number of hydrogen-bond acceptors (Lipinski definition) is 3. The van der Waals surface area contributed by atoms with Gasteiger partial charge >= 0.3 is 5.88 Å². The van der Waals surface area contributed by atoms with E-state index in [4.69, 9.17) is 16.4 Å². The van der Waals surface area contributed by atoms with Crippen LogP contribution in [0.25, 0.3) is 0 Å². The summed E-state index contributed by atoms with van der Waals surface area (Å²) in [5.74, 6) is 0.111. The Kier molecular flexibility index (Phi) is 1.91. The number of pyridine rings is 1. The van der Waals surface area contributed by atoms with Crippen LogP contribution < -0.4 is 15.2 Å². The van der Waals surface area contributed by atoms with Crippen LogP contribution in [0.4, 0.5) is 0 Å². The zero-order valence-corrected chi connectivity index (χ0v) is 5.69. The average molecular weight is 154 g/mol. The molecular weight excluding hydrogens is 146 g/mol. The highest BCUT2D eigenvalue weighted by Crippen LogP contribution is 1.98. The van der Waals surface area contributed by atoms with Crippen molar-refractivity contribution in [3.05, 3.63) is 24.4 Å². The molecule has 0 unspecified atom stereocenters. The standard InChI is InChI=1S/C6H8N3O2/c7-6(8)11-5-3-1-2-4-9(5)10/h1-4,10H,(H3,7,8)/q+1. The third-order valence-corrected chi connectivity index (χ3v) is 1.02. The van der Waals surface area contributed by atoms with Gasteiger partial charge in [0, 0.05) is 10.8 Å². The molecule has 11 heavy (non-hydrogen) atoms. The highest BCUT2D eigenvalue weighted by molar-refractivity contribution is 5.69. The minimum absolute atomic E-state index is 0.111. The molecule has 0 amide bonds. The van der Waals surface area contributed by atoms with E-state index in [1.54, 1.807) is 12.1 Å². The fourth-order valence-corrected chi connectivity index (χ4v) is 0.612. The summed E-state index contributed by atoms with van der Waals surface area (Å²) in [6, 6.07) is 4.30. The van der Waals surface area contributed by atoms with Crippen molar-refractivity contribution >= 4 is 6.02 Å². The molecule has 1 aromatic heterocycles. The Morgan fingerprint density at radius 2 is 2.36 bits per heavy atom. The van der Waals surface area contributed by atoms with Gasteiger partial charge in [0.2, 0.25) is 6.20 Å². The van der Waals surface area contributed by atoms with E-state index in [9.17, 15) is 0 Å². The molecule has 0 saturated heterocycles. The maximum absolute atomic E-state index is 9.00. The van der Waals surface area contributed by atoms with Crippen molar-refractivity contribution in [1.29, 1.82) is 5.41 Å². The molecular formula is C6H8N3O2+. The average Bonchev–Trinajstić information content (AvgIpc) is 1.93. The lowest BCUT2D eigenvalue weighted by atomic mass is 10.5. The Bertz CT molecular complexity index is 274. The molecule has 0 bridgehead atoms. The highest BCUT2D eigenvalue weighted by atomic mass is 16.6. The SMILES string of the molecule is N=C(N)Oc1cccc[n+]1O. The van der Waals surface area contributed by atoms with Gasteiger partial charge in [0.05, 0.1) is 6.07 Å². The van der Waals surface area contributed by atoms with Gasteiger partial charge in [-0.3, -0.25) is 10.6 Å². The largest absolute Gasteiger partial charge is 0.424 e. The van der Waals surface area contributed by atoms with Gasteiger partial charge in [-0.05, 0) is 6.07 Å². The molecule has 1 rings (SSSR count). The first-order chi connectivity index (χ1) is 5.20. The Hall–Kier alpha value is -1.78. The fourth-order valence-electron chi connectivity index (χ4n) is 0.612. The molecule has 0 atom stereocenters. The van der Waals surface area contributed by atoms with E-state index in [0.29, 0.717) is 0 Å². The molecule has 0 aliphatic rings. The lowest BCUT2D eigenvalue weighted by Crippen LogP contribution is -2.34. The second kappa shape index (κ2) is 2.87. The van der Waals surface area contributed by atoms with E-state index >= 15 is 0 Å². The Morgan fingerprint density at radius 1 is 1.64 bits per heavy atom. The minimum atomic E-state index is -0.459. The fraction of sp³-hybridized carbons (Fsp3) is 0. The topological polar surface area (TPSA) is 83.2 Å². The number of rotatable bonds is 1. The van der Waals surface area contributed by atoms with E-state index in [-0.39, 0.29) is 5.88 Å². The summed E-state index contributed by atoms with van der Waals surface area (Å²) >= 11 is 0. The van der Waals surface area contributed by atoms with Crippen LogP contribution in [0.2, 0.25) is 0 Å². The van der Waals surface area contributed by atoms with Gasteiger partial charge in [0.25, 0.3) is 6.02 Å². The minimum Gasteiger partial charge on any atom is -0.368 e. The molecule has 0 aliphatic carbocycles. The van der Waals surface area contributed by atoms with Crippen molar-refractivity contribution in [3.8, 4) is 5.88 Å². The molecule has 0 spiro atoms. The van der Waals surface area contributed by atoms with E-state index in [0.717, 1.165) is 4.73 Å². The first-order valence-electron chi connectivity index (χ1n) is 2.92. The van der Waals surface area contributed by atoms with Crippen LogP contribution in [-0.2, 0) is 0 Å². The maximum atomic E-state index is 9.00. The molecule has 4 N–H and O–H groups in total. The molecule has 1 heterocycles. The number of amidine groups is 1. The molecule has 0 aromatic carbocycles. The second-order valence-corrected chi connectivity index (χ2v) is 1.85. The van der Waals surface area contributed by atoms with Crippen molar-refractivity contribution in [3.63, 3.8) is 0 Å². The van der Waals surface area contributed by atoms with Gasteiger partial charge in [-0.25, -0.2) is 0 Å². The lowest BCUT2D eigenvalue weighted by molar-refractivity contribution is -0.905. The molecule has 5 nitrogen and oxygen atoms in total. The third kappa shape index (κ3) is 1.82. The van der Waals surface area contributed by atoms with E-state index in [2.05, 4.69) is 4.74 Å².